The Kier molecular flexibility index (Phi) is 4.28. The van der Waals surface area contributed by atoms with Gasteiger partial charge < -0.3 is 4.90 Å². The first-order valence-corrected chi connectivity index (χ1v) is 6.67. The van der Waals surface area contributed by atoms with E-state index in [4.69, 9.17) is 0 Å². The van der Waals surface area contributed by atoms with Gasteiger partial charge in [-0.2, -0.15) is 0 Å². The highest BCUT2D eigenvalue weighted by Crippen LogP contribution is 2.21. The van der Waals surface area contributed by atoms with Crippen LogP contribution in [0.2, 0.25) is 0 Å². The fraction of sp³-hybridized carbons (Fsp3) is 0.643. The van der Waals surface area contributed by atoms with Gasteiger partial charge in [-0.05, 0) is 30.2 Å². The molecule has 1 aliphatic rings. The zero-order valence-electron chi connectivity index (χ0n) is 11.2. The van der Waals surface area contributed by atoms with E-state index in [1.54, 1.807) is 12.4 Å². The molecule has 2 heterocycles. The van der Waals surface area contributed by atoms with Crippen LogP contribution in [0.25, 0.3) is 0 Å². The van der Waals surface area contributed by atoms with Crippen molar-refractivity contribution in [2.75, 3.05) is 13.1 Å². The van der Waals surface area contributed by atoms with Crippen molar-refractivity contribution < 1.29 is 4.79 Å². The van der Waals surface area contributed by atoms with Crippen LogP contribution in [0, 0.1) is 11.8 Å². The van der Waals surface area contributed by atoms with Gasteiger partial charge in [-0.3, -0.25) is 4.79 Å². The normalized spacial score (nSPS) is 24.0. The molecule has 0 saturated carbocycles. The van der Waals surface area contributed by atoms with Crippen molar-refractivity contribution in [3.8, 4) is 0 Å². The molecule has 1 amide bonds. The number of carbonyl (C=O) groups is 1. The molecule has 0 aromatic carbocycles. The summed E-state index contributed by atoms with van der Waals surface area (Å²) in [6, 6.07) is 0. The minimum Gasteiger partial charge on any atom is -0.342 e. The summed E-state index contributed by atoms with van der Waals surface area (Å²) in [6.45, 7) is 6.27. The molecule has 0 spiro atoms. The quantitative estimate of drug-likeness (QED) is 0.819. The third-order valence-electron chi connectivity index (χ3n) is 3.46. The number of aryl methyl sites for hydroxylation is 1. The molecule has 4 nitrogen and oxygen atoms in total. The Morgan fingerprint density at radius 2 is 1.89 bits per heavy atom. The number of likely N-dealkylation sites (tertiary alicyclic amines) is 1. The lowest BCUT2D eigenvalue weighted by Crippen LogP contribution is -2.42. The molecule has 1 aliphatic heterocycles. The average molecular weight is 247 g/mol. The van der Waals surface area contributed by atoms with Crippen molar-refractivity contribution in [2.24, 2.45) is 11.8 Å². The minimum absolute atomic E-state index is 0.261. The largest absolute Gasteiger partial charge is 0.342 e. The highest BCUT2D eigenvalue weighted by Gasteiger charge is 2.24. The molecular weight excluding hydrogens is 226 g/mol. The summed E-state index contributed by atoms with van der Waals surface area (Å²) >= 11 is 0. The molecule has 2 unspecified atom stereocenters. The van der Waals surface area contributed by atoms with Crippen LogP contribution < -0.4 is 0 Å². The Bertz CT molecular complexity index is 383. The molecule has 0 N–H and O–H groups in total. The minimum atomic E-state index is 0.261. The summed E-state index contributed by atoms with van der Waals surface area (Å²) in [5, 5.41) is 0. The lowest BCUT2D eigenvalue weighted by Gasteiger charge is -2.35. The number of piperidine rings is 1. The Labute approximate surface area is 108 Å². The van der Waals surface area contributed by atoms with Gasteiger partial charge in [0.15, 0.2) is 0 Å². The molecule has 18 heavy (non-hydrogen) atoms. The van der Waals surface area contributed by atoms with Crippen LogP contribution in [0.3, 0.4) is 0 Å². The predicted octanol–water partition coefficient (Wildman–Crippen LogP) is 1.91. The molecule has 0 bridgehead atoms. The first-order valence-electron chi connectivity index (χ1n) is 6.67. The molecule has 1 saturated heterocycles. The highest BCUT2D eigenvalue weighted by molar-refractivity contribution is 5.76. The number of nitrogens with zero attached hydrogens (tertiary/aromatic N) is 3. The van der Waals surface area contributed by atoms with Gasteiger partial charge in [0, 0.05) is 31.9 Å². The van der Waals surface area contributed by atoms with Crippen LogP contribution in [0.15, 0.2) is 18.7 Å². The SMILES string of the molecule is CC1CC(C)CN(C(=O)CCc2cncnc2)C1. The Hall–Kier alpha value is -1.45. The average Bonchev–Trinajstić information content (AvgIpc) is 2.36. The second-order valence-corrected chi connectivity index (χ2v) is 5.49. The van der Waals surface area contributed by atoms with Crippen molar-refractivity contribution >= 4 is 5.91 Å². The van der Waals surface area contributed by atoms with Crippen molar-refractivity contribution in [1.29, 1.82) is 0 Å². The number of hydrogen-bond donors (Lipinski definition) is 0. The summed E-state index contributed by atoms with van der Waals surface area (Å²) in [4.78, 5) is 22.1. The fourth-order valence-corrected chi connectivity index (χ4v) is 2.74. The maximum atomic E-state index is 12.1. The first kappa shape index (κ1) is 13.0. The zero-order chi connectivity index (χ0) is 13.0. The van der Waals surface area contributed by atoms with Crippen LogP contribution in [0.1, 0.15) is 32.3 Å². The van der Waals surface area contributed by atoms with E-state index in [1.807, 2.05) is 4.90 Å². The van der Waals surface area contributed by atoms with Crippen molar-refractivity contribution in [1.82, 2.24) is 14.9 Å². The molecular formula is C14H21N3O. The number of rotatable bonds is 3. The molecule has 0 radical (unpaired) electrons. The molecule has 1 aromatic rings. The number of carbonyl (C=O) groups excluding carboxylic acids is 1. The van der Waals surface area contributed by atoms with Crippen molar-refractivity contribution in [3.05, 3.63) is 24.3 Å². The van der Waals surface area contributed by atoms with Gasteiger partial charge in [0.2, 0.25) is 5.91 Å². The number of amides is 1. The van der Waals surface area contributed by atoms with E-state index >= 15 is 0 Å². The van der Waals surface area contributed by atoms with Crippen molar-refractivity contribution in [2.45, 2.75) is 33.1 Å². The van der Waals surface area contributed by atoms with E-state index in [9.17, 15) is 4.79 Å². The number of aromatic nitrogens is 2. The highest BCUT2D eigenvalue weighted by atomic mass is 16.2. The van der Waals surface area contributed by atoms with Crippen LogP contribution in [0.5, 0.6) is 0 Å². The monoisotopic (exact) mass is 247 g/mol. The Morgan fingerprint density at radius 1 is 1.28 bits per heavy atom. The summed E-state index contributed by atoms with van der Waals surface area (Å²) in [6.07, 6.45) is 7.60. The maximum absolute atomic E-state index is 12.1. The van der Waals surface area contributed by atoms with Crippen LogP contribution in [0.4, 0.5) is 0 Å². The summed E-state index contributed by atoms with van der Waals surface area (Å²) in [5.41, 5.74) is 1.03. The van der Waals surface area contributed by atoms with Gasteiger partial charge in [-0.1, -0.05) is 13.8 Å². The van der Waals surface area contributed by atoms with E-state index in [0.717, 1.165) is 25.1 Å². The first-order chi connectivity index (χ1) is 8.65. The fourth-order valence-electron chi connectivity index (χ4n) is 2.74. The topological polar surface area (TPSA) is 46.1 Å². The smallest absolute Gasteiger partial charge is 0.222 e. The molecule has 2 atom stereocenters. The van der Waals surface area contributed by atoms with E-state index in [2.05, 4.69) is 23.8 Å². The van der Waals surface area contributed by atoms with Crippen LogP contribution in [-0.2, 0) is 11.2 Å². The third kappa shape index (κ3) is 3.52. The van der Waals surface area contributed by atoms with Gasteiger partial charge >= 0.3 is 0 Å². The molecule has 1 fully saturated rings. The van der Waals surface area contributed by atoms with Gasteiger partial charge in [0.05, 0.1) is 0 Å². The van der Waals surface area contributed by atoms with E-state index in [1.165, 1.54) is 12.7 Å². The van der Waals surface area contributed by atoms with Gasteiger partial charge in [0.1, 0.15) is 6.33 Å². The lowest BCUT2D eigenvalue weighted by molar-refractivity contribution is -0.133. The van der Waals surface area contributed by atoms with Crippen LogP contribution in [-0.4, -0.2) is 33.9 Å². The van der Waals surface area contributed by atoms with Gasteiger partial charge in [0.25, 0.3) is 0 Å². The van der Waals surface area contributed by atoms with E-state index in [-0.39, 0.29) is 5.91 Å². The summed E-state index contributed by atoms with van der Waals surface area (Å²) in [7, 11) is 0. The second kappa shape index (κ2) is 5.94. The summed E-state index contributed by atoms with van der Waals surface area (Å²) < 4.78 is 0. The predicted molar refractivity (Wildman–Crippen MR) is 69.9 cm³/mol. The van der Waals surface area contributed by atoms with Gasteiger partial charge in [-0.15, -0.1) is 0 Å². The van der Waals surface area contributed by atoms with Crippen molar-refractivity contribution in [3.63, 3.8) is 0 Å². The second-order valence-electron chi connectivity index (χ2n) is 5.49. The molecule has 0 aliphatic carbocycles. The number of hydrogen-bond acceptors (Lipinski definition) is 3. The zero-order valence-corrected chi connectivity index (χ0v) is 11.2. The van der Waals surface area contributed by atoms with E-state index < -0.39 is 0 Å². The molecule has 2 rings (SSSR count). The third-order valence-corrected chi connectivity index (χ3v) is 3.46. The van der Waals surface area contributed by atoms with Crippen LogP contribution >= 0.6 is 0 Å². The molecule has 4 heteroatoms. The molecule has 98 valence electrons. The Balaban J connectivity index is 1.84. The Morgan fingerprint density at radius 3 is 2.50 bits per heavy atom. The lowest BCUT2D eigenvalue weighted by atomic mass is 9.91. The van der Waals surface area contributed by atoms with E-state index in [0.29, 0.717) is 18.3 Å². The maximum Gasteiger partial charge on any atom is 0.222 e. The molecule has 1 aromatic heterocycles. The van der Waals surface area contributed by atoms with Gasteiger partial charge in [-0.25, -0.2) is 9.97 Å². The summed E-state index contributed by atoms with van der Waals surface area (Å²) in [5.74, 6) is 1.51. The standard InChI is InChI=1S/C14H21N3O/c1-11-5-12(2)9-17(8-11)14(18)4-3-13-6-15-10-16-7-13/h6-7,10-12H,3-5,8-9H2,1-2H3.